The number of carbonyl (C=O) groups excluding carboxylic acids is 1. The highest BCUT2D eigenvalue weighted by Crippen LogP contribution is 2.43. The average Bonchev–Trinajstić information content (AvgIpc) is 2.47. The van der Waals surface area contributed by atoms with E-state index in [2.05, 4.69) is 12.1 Å². The van der Waals surface area contributed by atoms with Crippen LogP contribution in [0.1, 0.15) is 29.9 Å². The minimum absolute atomic E-state index is 0.0483. The van der Waals surface area contributed by atoms with Crippen molar-refractivity contribution in [2.75, 3.05) is 0 Å². The van der Waals surface area contributed by atoms with Crippen molar-refractivity contribution in [1.82, 2.24) is 0 Å². The molecule has 2 aromatic rings. The zero-order chi connectivity index (χ0) is 14.7. The van der Waals surface area contributed by atoms with Gasteiger partial charge in [0.05, 0.1) is 5.92 Å². The minimum atomic E-state index is -0.284. The summed E-state index contributed by atoms with van der Waals surface area (Å²) in [6.45, 7) is 0.205. The number of benzene rings is 2. The molecule has 3 rings (SSSR count). The van der Waals surface area contributed by atoms with E-state index in [-0.39, 0.29) is 30.2 Å². The van der Waals surface area contributed by atoms with Crippen molar-refractivity contribution in [2.45, 2.75) is 25.4 Å². The van der Waals surface area contributed by atoms with E-state index in [0.29, 0.717) is 0 Å². The quantitative estimate of drug-likeness (QED) is 0.791. The molecule has 108 valence electrons. The van der Waals surface area contributed by atoms with Crippen molar-refractivity contribution in [3.8, 4) is 0 Å². The Balaban J connectivity index is 1.57. The molecule has 0 amide bonds. The molecule has 1 aliphatic carbocycles. The van der Waals surface area contributed by atoms with E-state index >= 15 is 0 Å². The van der Waals surface area contributed by atoms with Crippen LogP contribution in [0, 0.1) is 11.7 Å². The standard InChI is InChI=1S/C18H17FO2/c19-15-8-6-13(7-9-15)12-21-18(20)17-11-10-16(17)14-4-2-1-3-5-14/h1-9,16-17H,10-12H2/t16-,17?/m0/s1. The van der Waals surface area contributed by atoms with Crippen LogP contribution in [0.15, 0.2) is 54.6 Å². The van der Waals surface area contributed by atoms with Crippen molar-refractivity contribution >= 4 is 5.97 Å². The summed E-state index contributed by atoms with van der Waals surface area (Å²) in [6.07, 6.45) is 1.90. The molecule has 2 aromatic carbocycles. The van der Waals surface area contributed by atoms with Gasteiger partial charge < -0.3 is 4.74 Å². The van der Waals surface area contributed by atoms with Crippen molar-refractivity contribution in [1.29, 1.82) is 0 Å². The summed E-state index contributed by atoms with van der Waals surface area (Å²) in [5.74, 6) is -0.215. The smallest absolute Gasteiger partial charge is 0.309 e. The van der Waals surface area contributed by atoms with Gasteiger partial charge in [-0.05, 0) is 42.0 Å². The molecule has 1 unspecified atom stereocenters. The highest BCUT2D eigenvalue weighted by atomic mass is 19.1. The van der Waals surface area contributed by atoms with Crippen LogP contribution in [0.3, 0.4) is 0 Å². The number of hydrogen-bond acceptors (Lipinski definition) is 2. The van der Waals surface area contributed by atoms with E-state index in [9.17, 15) is 9.18 Å². The van der Waals surface area contributed by atoms with E-state index in [1.165, 1.54) is 17.7 Å². The molecule has 0 spiro atoms. The van der Waals surface area contributed by atoms with Gasteiger partial charge in [0.25, 0.3) is 0 Å². The molecule has 1 saturated carbocycles. The summed E-state index contributed by atoms with van der Waals surface area (Å²) in [5.41, 5.74) is 2.01. The average molecular weight is 284 g/mol. The third-order valence-electron chi connectivity index (χ3n) is 4.10. The zero-order valence-corrected chi connectivity index (χ0v) is 11.7. The van der Waals surface area contributed by atoms with Crippen molar-refractivity contribution < 1.29 is 13.9 Å². The van der Waals surface area contributed by atoms with E-state index in [4.69, 9.17) is 4.74 Å². The molecule has 3 heteroatoms. The molecule has 0 bridgehead atoms. The zero-order valence-electron chi connectivity index (χ0n) is 11.7. The van der Waals surface area contributed by atoms with Gasteiger partial charge in [0, 0.05) is 0 Å². The van der Waals surface area contributed by atoms with Gasteiger partial charge in [0.1, 0.15) is 12.4 Å². The number of ether oxygens (including phenoxy) is 1. The van der Waals surface area contributed by atoms with E-state index in [1.54, 1.807) is 12.1 Å². The summed E-state index contributed by atoms with van der Waals surface area (Å²) in [5, 5.41) is 0. The van der Waals surface area contributed by atoms with Gasteiger partial charge >= 0.3 is 5.97 Å². The minimum Gasteiger partial charge on any atom is -0.461 e. The summed E-state index contributed by atoms with van der Waals surface area (Å²) < 4.78 is 18.2. The Morgan fingerprint density at radius 3 is 2.38 bits per heavy atom. The van der Waals surface area contributed by atoms with Crippen LogP contribution in [-0.4, -0.2) is 5.97 Å². The Morgan fingerprint density at radius 2 is 1.76 bits per heavy atom. The van der Waals surface area contributed by atoms with Gasteiger partial charge in [-0.2, -0.15) is 0 Å². The normalized spacial score (nSPS) is 20.6. The monoisotopic (exact) mass is 284 g/mol. The second-order valence-electron chi connectivity index (χ2n) is 5.44. The maximum atomic E-state index is 12.8. The van der Waals surface area contributed by atoms with Crippen LogP contribution in [0.25, 0.3) is 0 Å². The third kappa shape index (κ3) is 3.13. The fraction of sp³-hybridized carbons (Fsp3) is 0.278. The lowest BCUT2D eigenvalue weighted by molar-refractivity contribution is -0.154. The molecule has 0 N–H and O–H groups in total. The summed E-state index contributed by atoms with van der Waals surface area (Å²) >= 11 is 0. The fourth-order valence-corrected chi connectivity index (χ4v) is 2.72. The molecule has 2 atom stereocenters. The van der Waals surface area contributed by atoms with Crippen molar-refractivity contribution in [2.24, 2.45) is 5.92 Å². The largest absolute Gasteiger partial charge is 0.461 e. The van der Waals surface area contributed by atoms with E-state index in [0.717, 1.165) is 18.4 Å². The molecule has 21 heavy (non-hydrogen) atoms. The van der Waals surface area contributed by atoms with Gasteiger partial charge in [0.2, 0.25) is 0 Å². The maximum Gasteiger partial charge on any atom is 0.309 e. The van der Waals surface area contributed by atoms with Crippen LogP contribution < -0.4 is 0 Å². The van der Waals surface area contributed by atoms with Crippen molar-refractivity contribution in [3.05, 3.63) is 71.5 Å². The predicted molar refractivity (Wildman–Crippen MR) is 78.1 cm³/mol. The number of esters is 1. The first-order chi connectivity index (χ1) is 10.2. The Labute approximate surface area is 123 Å². The Hall–Kier alpha value is -2.16. The topological polar surface area (TPSA) is 26.3 Å². The highest BCUT2D eigenvalue weighted by molar-refractivity contribution is 5.75. The highest BCUT2D eigenvalue weighted by Gasteiger charge is 2.38. The molecular formula is C18H17FO2. The summed E-state index contributed by atoms with van der Waals surface area (Å²) in [7, 11) is 0. The molecule has 2 nitrogen and oxygen atoms in total. The van der Waals surface area contributed by atoms with Crippen LogP contribution in [0.4, 0.5) is 4.39 Å². The Bertz CT molecular complexity index is 607. The molecule has 0 aromatic heterocycles. The molecule has 0 saturated heterocycles. The summed E-state index contributed by atoms with van der Waals surface area (Å²) in [4.78, 5) is 12.2. The van der Waals surface area contributed by atoms with Gasteiger partial charge in [-0.15, -0.1) is 0 Å². The van der Waals surface area contributed by atoms with Crippen molar-refractivity contribution in [3.63, 3.8) is 0 Å². The maximum absolute atomic E-state index is 12.8. The Morgan fingerprint density at radius 1 is 1.05 bits per heavy atom. The SMILES string of the molecule is O=C(OCc1ccc(F)cc1)C1CC[C@H]1c1ccccc1. The molecule has 0 aliphatic heterocycles. The van der Waals surface area contributed by atoms with E-state index in [1.807, 2.05) is 18.2 Å². The third-order valence-corrected chi connectivity index (χ3v) is 4.10. The number of carbonyl (C=O) groups is 1. The van der Waals surface area contributed by atoms with Gasteiger partial charge in [-0.1, -0.05) is 42.5 Å². The molecule has 1 aliphatic rings. The number of halogens is 1. The lowest BCUT2D eigenvalue weighted by Crippen LogP contribution is -2.32. The van der Waals surface area contributed by atoms with Crippen LogP contribution in [0.5, 0.6) is 0 Å². The predicted octanol–water partition coefficient (Wildman–Crippen LogP) is 4.06. The van der Waals surface area contributed by atoms with E-state index < -0.39 is 0 Å². The van der Waals surface area contributed by atoms with Crippen LogP contribution in [0.2, 0.25) is 0 Å². The lowest BCUT2D eigenvalue weighted by atomic mass is 9.70. The number of hydrogen-bond donors (Lipinski definition) is 0. The lowest BCUT2D eigenvalue weighted by Gasteiger charge is -2.35. The molecule has 0 radical (unpaired) electrons. The first-order valence-corrected chi connectivity index (χ1v) is 7.20. The summed E-state index contributed by atoms with van der Waals surface area (Å²) in [6, 6.07) is 16.1. The van der Waals surface area contributed by atoms with Crippen LogP contribution >= 0.6 is 0 Å². The second-order valence-corrected chi connectivity index (χ2v) is 5.44. The van der Waals surface area contributed by atoms with Gasteiger partial charge in [-0.25, -0.2) is 4.39 Å². The molecule has 0 heterocycles. The first kappa shape index (κ1) is 13.8. The number of rotatable bonds is 4. The second kappa shape index (κ2) is 6.08. The Kier molecular flexibility index (Phi) is 4.00. The molecule has 1 fully saturated rings. The molecular weight excluding hydrogens is 267 g/mol. The first-order valence-electron chi connectivity index (χ1n) is 7.20. The van der Waals surface area contributed by atoms with Gasteiger partial charge in [0.15, 0.2) is 0 Å². The van der Waals surface area contributed by atoms with Crippen LogP contribution in [-0.2, 0) is 16.1 Å². The fourth-order valence-electron chi connectivity index (χ4n) is 2.72. The van der Waals surface area contributed by atoms with Gasteiger partial charge in [-0.3, -0.25) is 4.79 Å².